The van der Waals surface area contributed by atoms with Gasteiger partial charge < -0.3 is 4.84 Å². The molecule has 1 atom stereocenters. The Hall–Kier alpha value is -2.77. The van der Waals surface area contributed by atoms with E-state index >= 15 is 0 Å². The van der Waals surface area contributed by atoms with Gasteiger partial charge in [0.05, 0.1) is 21.5 Å². The molecule has 5 rings (SSSR count). The summed E-state index contributed by atoms with van der Waals surface area (Å²) in [6.45, 7) is 1.99. The molecule has 7 heteroatoms. The van der Waals surface area contributed by atoms with E-state index in [9.17, 15) is 0 Å². The van der Waals surface area contributed by atoms with E-state index in [1.165, 1.54) is 0 Å². The van der Waals surface area contributed by atoms with E-state index in [0.29, 0.717) is 5.88 Å². The Labute approximate surface area is 141 Å². The van der Waals surface area contributed by atoms with Crippen molar-refractivity contribution in [2.75, 3.05) is 0 Å². The van der Waals surface area contributed by atoms with E-state index in [1.807, 2.05) is 37.3 Å². The largest absolute Gasteiger partial charge is 0.387 e. The third-order valence-corrected chi connectivity index (χ3v) is 5.14. The van der Waals surface area contributed by atoms with Crippen LogP contribution in [0.1, 0.15) is 22.9 Å². The highest BCUT2D eigenvalue weighted by Crippen LogP contribution is 2.39. The number of benzene rings is 1. The van der Waals surface area contributed by atoms with Gasteiger partial charge in [-0.15, -0.1) is 5.48 Å². The van der Waals surface area contributed by atoms with Gasteiger partial charge in [0.2, 0.25) is 11.0 Å². The SMILES string of the molecule is Cc1nn(-c2nc3ccccc3s2)c2c1C(c1ccncc1)NO2. The van der Waals surface area contributed by atoms with E-state index in [1.54, 1.807) is 28.4 Å². The Balaban J connectivity index is 1.64. The van der Waals surface area contributed by atoms with Gasteiger partial charge in [0.1, 0.15) is 6.04 Å². The van der Waals surface area contributed by atoms with Crippen molar-refractivity contribution in [1.29, 1.82) is 0 Å². The molecule has 0 spiro atoms. The third-order valence-electron chi connectivity index (χ3n) is 4.13. The minimum absolute atomic E-state index is 0.0499. The Kier molecular flexibility index (Phi) is 2.91. The number of aromatic nitrogens is 4. The van der Waals surface area contributed by atoms with Crippen molar-refractivity contribution in [3.05, 3.63) is 65.6 Å². The average molecular weight is 335 g/mol. The summed E-state index contributed by atoms with van der Waals surface area (Å²) in [6.07, 6.45) is 3.56. The first-order chi connectivity index (χ1) is 11.8. The Bertz CT molecular complexity index is 1010. The molecular formula is C17H13N5OS. The van der Waals surface area contributed by atoms with Crippen LogP contribution in [-0.2, 0) is 0 Å². The van der Waals surface area contributed by atoms with Gasteiger partial charge in [0.15, 0.2) is 0 Å². The first kappa shape index (κ1) is 13.6. The number of nitrogens with one attached hydrogen (secondary N) is 1. The molecule has 6 nitrogen and oxygen atoms in total. The summed E-state index contributed by atoms with van der Waals surface area (Å²) in [5.74, 6) is 0.702. The number of hydrogen-bond acceptors (Lipinski definition) is 6. The lowest BCUT2D eigenvalue weighted by molar-refractivity contribution is 0.192. The molecule has 0 saturated carbocycles. The molecule has 1 aliphatic rings. The molecule has 1 N–H and O–H groups in total. The molecular weight excluding hydrogens is 322 g/mol. The number of nitrogens with zero attached hydrogens (tertiary/aromatic N) is 4. The van der Waals surface area contributed by atoms with Crippen molar-refractivity contribution < 1.29 is 4.84 Å². The van der Waals surface area contributed by atoms with Gasteiger partial charge >= 0.3 is 0 Å². The highest BCUT2D eigenvalue weighted by atomic mass is 32.1. The highest BCUT2D eigenvalue weighted by molar-refractivity contribution is 7.20. The van der Waals surface area contributed by atoms with Gasteiger partial charge in [-0.1, -0.05) is 23.5 Å². The van der Waals surface area contributed by atoms with Gasteiger partial charge in [-0.2, -0.15) is 9.78 Å². The van der Waals surface area contributed by atoms with Crippen molar-refractivity contribution in [1.82, 2.24) is 25.2 Å². The topological polar surface area (TPSA) is 64.9 Å². The van der Waals surface area contributed by atoms with Crippen LogP contribution in [-0.4, -0.2) is 19.7 Å². The standard InChI is InChI=1S/C17H13N5OS/c1-10-14-15(11-6-8-18-9-7-11)21-23-16(14)22(20-10)17-19-12-4-2-3-5-13(12)24-17/h2-9,15,21H,1H3. The van der Waals surface area contributed by atoms with Crippen molar-refractivity contribution in [3.63, 3.8) is 0 Å². The lowest BCUT2D eigenvalue weighted by atomic mass is 10.0. The minimum atomic E-state index is -0.0499. The van der Waals surface area contributed by atoms with E-state index < -0.39 is 0 Å². The Morgan fingerprint density at radius 2 is 2.00 bits per heavy atom. The Morgan fingerprint density at radius 3 is 2.83 bits per heavy atom. The first-order valence-corrected chi connectivity index (χ1v) is 8.40. The normalized spacial score (nSPS) is 16.3. The molecule has 0 radical (unpaired) electrons. The summed E-state index contributed by atoms with van der Waals surface area (Å²) in [7, 11) is 0. The zero-order valence-electron chi connectivity index (χ0n) is 12.8. The maximum Gasteiger partial charge on any atom is 0.248 e. The molecule has 1 aromatic carbocycles. The second-order valence-corrected chi connectivity index (χ2v) is 6.62. The van der Waals surface area contributed by atoms with E-state index in [2.05, 4.69) is 26.6 Å². The molecule has 0 aliphatic carbocycles. The summed E-state index contributed by atoms with van der Waals surface area (Å²) in [6, 6.07) is 12.0. The maximum absolute atomic E-state index is 5.76. The maximum atomic E-state index is 5.76. The summed E-state index contributed by atoms with van der Waals surface area (Å²) >= 11 is 1.60. The fourth-order valence-corrected chi connectivity index (χ4v) is 3.91. The monoisotopic (exact) mass is 335 g/mol. The first-order valence-electron chi connectivity index (χ1n) is 7.59. The van der Waals surface area contributed by atoms with Crippen molar-refractivity contribution >= 4 is 21.6 Å². The quantitative estimate of drug-likeness (QED) is 0.609. The molecule has 1 unspecified atom stereocenters. The third kappa shape index (κ3) is 1.95. The summed E-state index contributed by atoms with van der Waals surface area (Å²) in [5.41, 5.74) is 7.12. The van der Waals surface area contributed by atoms with Crippen LogP contribution in [0.15, 0.2) is 48.8 Å². The van der Waals surface area contributed by atoms with E-state index in [-0.39, 0.29) is 6.04 Å². The van der Waals surface area contributed by atoms with Gasteiger partial charge in [-0.3, -0.25) is 4.98 Å². The molecule has 24 heavy (non-hydrogen) atoms. The molecule has 1 aliphatic heterocycles. The zero-order chi connectivity index (χ0) is 16.1. The van der Waals surface area contributed by atoms with Gasteiger partial charge in [0.25, 0.3) is 0 Å². The van der Waals surface area contributed by atoms with Crippen LogP contribution in [0.4, 0.5) is 0 Å². The number of hydrogen-bond donors (Lipinski definition) is 1. The van der Waals surface area contributed by atoms with Crippen LogP contribution < -0.4 is 10.3 Å². The molecule has 0 amide bonds. The summed E-state index contributed by atoms with van der Waals surface area (Å²) < 4.78 is 2.91. The number of pyridine rings is 1. The number of rotatable bonds is 2. The molecule has 0 fully saturated rings. The highest BCUT2D eigenvalue weighted by Gasteiger charge is 2.33. The second kappa shape index (κ2) is 5.12. The van der Waals surface area contributed by atoms with Crippen LogP contribution >= 0.6 is 11.3 Å². The summed E-state index contributed by atoms with van der Waals surface area (Å²) in [4.78, 5) is 14.5. The van der Waals surface area contributed by atoms with Crippen LogP contribution in [0.25, 0.3) is 15.3 Å². The van der Waals surface area contributed by atoms with Gasteiger partial charge in [-0.25, -0.2) is 4.98 Å². The predicted octanol–water partition coefficient (Wildman–Crippen LogP) is 3.17. The fourth-order valence-electron chi connectivity index (χ4n) is 2.99. The van der Waals surface area contributed by atoms with Crippen LogP contribution in [0.3, 0.4) is 0 Å². The predicted molar refractivity (Wildman–Crippen MR) is 91.3 cm³/mol. The average Bonchev–Trinajstić information content (AvgIpc) is 3.30. The Morgan fingerprint density at radius 1 is 1.17 bits per heavy atom. The van der Waals surface area contributed by atoms with Crippen LogP contribution in [0.2, 0.25) is 0 Å². The molecule has 4 heterocycles. The molecule has 0 saturated heterocycles. The number of thiazole rings is 1. The van der Waals surface area contributed by atoms with E-state index in [4.69, 9.17) is 4.84 Å². The number of hydroxylamine groups is 1. The molecule has 3 aromatic heterocycles. The van der Waals surface area contributed by atoms with Gasteiger partial charge in [-0.05, 0) is 36.8 Å². The summed E-state index contributed by atoms with van der Waals surface area (Å²) in [5, 5.41) is 5.46. The number of aryl methyl sites for hydroxylation is 1. The lowest BCUT2D eigenvalue weighted by Gasteiger charge is -2.09. The molecule has 118 valence electrons. The number of fused-ring (bicyclic) bond motifs is 2. The molecule has 0 bridgehead atoms. The fraction of sp³-hybridized carbons (Fsp3) is 0.118. The van der Waals surface area contributed by atoms with Gasteiger partial charge in [0, 0.05) is 12.4 Å². The lowest BCUT2D eigenvalue weighted by Crippen LogP contribution is -2.19. The van der Waals surface area contributed by atoms with Crippen molar-refractivity contribution in [2.45, 2.75) is 13.0 Å². The van der Waals surface area contributed by atoms with Crippen molar-refractivity contribution in [2.24, 2.45) is 0 Å². The number of para-hydroxylation sites is 1. The van der Waals surface area contributed by atoms with Crippen LogP contribution in [0, 0.1) is 6.92 Å². The van der Waals surface area contributed by atoms with Crippen molar-refractivity contribution in [3.8, 4) is 11.0 Å². The van der Waals surface area contributed by atoms with Crippen LogP contribution in [0.5, 0.6) is 5.88 Å². The second-order valence-electron chi connectivity index (χ2n) is 5.61. The zero-order valence-corrected chi connectivity index (χ0v) is 13.6. The minimum Gasteiger partial charge on any atom is -0.387 e. The van der Waals surface area contributed by atoms with E-state index in [0.717, 1.165) is 32.2 Å². The molecule has 4 aromatic rings. The smallest absolute Gasteiger partial charge is 0.248 e.